The second-order valence-electron chi connectivity index (χ2n) is 2.89. The molecule has 2 aromatic heterocycles. The summed E-state index contributed by atoms with van der Waals surface area (Å²) in [4.78, 5) is 9.82. The van der Waals surface area contributed by atoms with Crippen LogP contribution >= 0.6 is 0 Å². The van der Waals surface area contributed by atoms with E-state index in [-0.39, 0.29) is 5.56 Å². The highest BCUT2D eigenvalue weighted by Gasteiger charge is 2.09. The number of H-pyrrole nitrogens is 1. The van der Waals surface area contributed by atoms with Gasteiger partial charge in [-0.25, -0.2) is 4.98 Å². The Bertz CT molecular complexity index is 465. The molecule has 2 rings (SSSR count). The molecule has 1 N–H and O–H groups in total. The quantitative estimate of drug-likeness (QED) is 0.707. The number of halogens is 2. The lowest BCUT2D eigenvalue weighted by Crippen LogP contribution is -1.93. The van der Waals surface area contributed by atoms with Crippen LogP contribution in [-0.2, 0) is 0 Å². The Morgan fingerprint density at radius 1 is 1.29 bits per heavy atom. The molecule has 3 nitrogen and oxygen atoms in total. The lowest BCUT2D eigenvalue weighted by molar-refractivity contribution is 0.514. The summed E-state index contributed by atoms with van der Waals surface area (Å²) in [6.07, 6.45) is 1.57. The first-order valence-electron chi connectivity index (χ1n) is 4.01. The number of aromatic nitrogens is 3. The minimum absolute atomic E-state index is 0.166. The highest BCUT2D eigenvalue weighted by molar-refractivity contribution is 5.54. The first-order chi connectivity index (χ1) is 6.66. The summed E-state index contributed by atoms with van der Waals surface area (Å²) >= 11 is 0. The third-order valence-electron chi connectivity index (χ3n) is 1.77. The Balaban J connectivity index is 2.52. The van der Waals surface area contributed by atoms with E-state index >= 15 is 0 Å². The second-order valence-corrected chi connectivity index (χ2v) is 2.89. The number of rotatable bonds is 1. The van der Waals surface area contributed by atoms with Gasteiger partial charge in [0.05, 0.1) is 5.56 Å². The molecular weight excluding hydrogens is 188 g/mol. The molecule has 0 aromatic carbocycles. The summed E-state index contributed by atoms with van der Waals surface area (Å²) in [6.45, 7) is 1.80. The molecule has 2 aromatic rings. The number of hydrogen-bond donors (Lipinski definition) is 1. The maximum absolute atomic E-state index is 13.1. The second kappa shape index (κ2) is 3.17. The van der Waals surface area contributed by atoms with Crippen LogP contribution in [0.3, 0.4) is 0 Å². The van der Waals surface area contributed by atoms with Crippen molar-refractivity contribution in [1.29, 1.82) is 0 Å². The maximum Gasteiger partial charge on any atom is 0.226 e. The van der Waals surface area contributed by atoms with Gasteiger partial charge < -0.3 is 4.98 Å². The van der Waals surface area contributed by atoms with Crippen molar-refractivity contribution in [2.75, 3.05) is 0 Å². The van der Waals surface area contributed by atoms with Crippen molar-refractivity contribution in [1.82, 2.24) is 15.0 Å². The summed E-state index contributed by atoms with van der Waals surface area (Å²) in [5.74, 6) is -1.35. The Morgan fingerprint density at radius 3 is 2.64 bits per heavy atom. The molecule has 0 fully saturated rings. The number of hydrogen-bond acceptors (Lipinski definition) is 2. The molecule has 0 amide bonds. The minimum Gasteiger partial charge on any atom is -0.342 e. The molecule has 0 saturated heterocycles. The van der Waals surface area contributed by atoms with Gasteiger partial charge in [0.2, 0.25) is 11.9 Å². The standard InChI is InChI=1S/C9H7F2N3/c1-5-4-12-9(13-5)6-2-3-7(10)14-8(6)11/h2-4H,1H3,(H,12,13). The zero-order chi connectivity index (χ0) is 10.1. The van der Waals surface area contributed by atoms with Crippen LogP contribution in [0.5, 0.6) is 0 Å². The van der Waals surface area contributed by atoms with Gasteiger partial charge in [-0.15, -0.1) is 0 Å². The molecule has 0 aliphatic carbocycles. The molecule has 0 spiro atoms. The van der Waals surface area contributed by atoms with E-state index < -0.39 is 11.9 Å². The van der Waals surface area contributed by atoms with E-state index in [1.54, 1.807) is 13.1 Å². The molecule has 0 bridgehead atoms. The van der Waals surface area contributed by atoms with Crippen molar-refractivity contribution in [3.63, 3.8) is 0 Å². The van der Waals surface area contributed by atoms with Crippen LogP contribution in [0.25, 0.3) is 11.4 Å². The summed E-state index contributed by atoms with van der Waals surface area (Å²) in [6, 6.07) is 2.40. The average Bonchev–Trinajstić information content (AvgIpc) is 2.51. The minimum atomic E-state index is -0.862. The predicted octanol–water partition coefficient (Wildman–Crippen LogP) is 2.06. The van der Waals surface area contributed by atoms with Gasteiger partial charge in [-0.3, -0.25) is 0 Å². The number of nitrogens with one attached hydrogen (secondary N) is 1. The fourth-order valence-corrected chi connectivity index (χ4v) is 1.14. The largest absolute Gasteiger partial charge is 0.342 e. The third-order valence-corrected chi connectivity index (χ3v) is 1.77. The summed E-state index contributed by atoms with van der Waals surface area (Å²) in [5.41, 5.74) is 0.975. The Morgan fingerprint density at radius 2 is 2.07 bits per heavy atom. The number of imidazole rings is 1. The molecule has 0 saturated carbocycles. The zero-order valence-electron chi connectivity index (χ0n) is 7.38. The van der Waals surface area contributed by atoms with Gasteiger partial charge in [0.15, 0.2) is 0 Å². The van der Waals surface area contributed by atoms with E-state index in [9.17, 15) is 8.78 Å². The predicted molar refractivity (Wildman–Crippen MR) is 46.5 cm³/mol. The van der Waals surface area contributed by atoms with Crippen LogP contribution in [0.1, 0.15) is 5.69 Å². The SMILES string of the molecule is Cc1cnc(-c2ccc(F)nc2F)[nH]1. The molecule has 0 unspecified atom stereocenters. The van der Waals surface area contributed by atoms with Crippen molar-refractivity contribution in [3.05, 3.63) is 35.9 Å². The molecule has 0 atom stereocenters. The fourth-order valence-electron chi connectivity index (χ4n) is 1.14. The van der Waals surface area contributed by atoms with Gasteiger partial charge >= 0.3 is 0 Å². The first kappa shape index (κ1) is 8.80. The highest BCUT2D eigenvalue weighted by atomic mass is 19.1. The van der Waals surface area contributed by atoms with Crippen molar-refractivity contribution in [2.24, 2.45) is 0 Å². The van der Waals surface area contributed by atoms with E-state index in [1.807, 2.05) is 0 Å². The molecule has 14 heavy (non-hydrogen) atoms. The van der Waals surface area contributed by atoms with Crippen LogP contribution in [0, 0.1) is 18.8 Å². The summed E-state index contributed by atoms with van der Waals surface area (Å²) in [7, 11) is 0. The monoisotopic (exact) mass is 195 g/mol. The number of aromatic amines is 1. The average molecular weight is 195 g/mol. The number of nitrogens with zero attached hydrogens (tertiary/aromatic N) is 2. The number of pyridine rings is 1. The van der Waals surface area contributed by atoms with Crippen LogP contribution in [0.2, 0.25) is 0 Å². The van der Waals surface area contributed by atoms with Crippen LogP contribution in [-0.4, -0.2) is 15.0 Å². The third kappa shape index (κ3) is 1.48. The lowest BCUT2D eigenvalue weighted by atomic mass is 10.2. The molecule has 0 aliphatic rings. The van der Waals surface area contributed by atoms with Crippen molar-refractivity contribution in [2.45, 2.75) is 6.92 Å². The van der Waals surface area contributed by atoms with Gasteiger partial charge in [0.25, 0.3) is 0 Å². The van der Waals surface area contributed by atoms with E-state index in [2.05, 4.69) is 15.0 Å². The summed E-state index contributed by atoms with van der Waals surface area (Å²) in [5, 5.41) is 0. The Hall–Kier alpha value is -1.78. The van der Waals surface area contributed by atoms with Gasteiger partial charge in [-0.1, -0.05) is 0 Å². The van der Waals surface area contributed by atoms with Gasteiger partial charge in [-0.2, -0.15) is 13.8 Å². The molecule has 0 aliphatic heterocycles. The zero-order valence-corrected chi connectivity index (χ0v) is 7.38. The van der Waals surface area contributed by atoms with Crippen molar-refractivity contribution < 1.29 is 8.78 Å². The molecule has 0 radical (unpaired) electrons. The van der Waals surface area contributed by atoms with Crippen LogP contribution in [0.4, 0.5) is 8.78 Å². The van der Waals surface area contributed by atoms with Gasteiger partial charge in [-0.05, 0) is 19.1 Å². The maximum atomic E-state index is 13.1. The van der Waals surface area contributed by atoms with Crippen LogP contribution in [0.15, 0.2) is 18.3 Å². The molecular formula is C9H7F2N3. The normalized spacial score (nSPS) is 10.5. The van der Waals surface area contributed by atoms with E-state index in [1.165, 1.54) is 6.07 Å². The lowest BCUT2D eigenvalue weighted by Gasteiger charge is -1.97. The van der Waals surface area contributed by atoms with E-state index in [0.717, 1.165) is 11.8 Å². The Kier molecular flexibility index (Phi) is 1.99. The fraction of sp³-hybridized carbons (Fsp3) is 0.111. The molecule has 72 valence electrons. The van der Waals surface area contributed by atoms with Gasteiger partial charge in [0.1, 0.15) is 5.82 Å². The topological polar surface area (TPSA) is 41.6 Å². The van der Waals surface area contributed by atoms with Crippen LogP contribution < -0.4 is 0 Å². The van der Waals surface area contributed by atoms with Gasteiger partial charge in [0, 0.05) is 11.9 Å². The van der Waals surface area contributed by atoms with E-state index in [0.29, 0.717) is 5.82 Å². The van der Waals surface area contributed by atoms with Crippen molar-refractivity contribution in [3.8, 4) is 11.4 Å². The first-order valence-corrected chi connectivity index (χ1v) is 4.01. The van der Waals surface area contributed by atoms with E-state index in [4.69, 9.17) is 0 Å². The molecule has 2 heterocycles. The molecule has 5 heteroatoms. The van der Waals surface area contributed by atoms with Crippen molar-refractivity contribution >= 4 is 0 Å². The number of aryl methyl sites for hydroxylation is 1. The highest BCUT2D eigenvalue weighted by Crippen LogP contribution is 2.17. The smallest absolute Gasteiger partial charge is 0.226 e. The Labute approximate surface area is 78.8 Å². The summed E-state index contributed by atoms with van der Waals surface area (Å²) < 4.78 is 25.6.